The minimum absolute atomic E-state index is 0.0524. The van der Waals surface area contributed by atoms with E-state index in [1.165, 1.54) is 0 Å². The van der Waals surface area contributed by atoms with Gasteiger partial charge in [-0.05, 0) is 25.0 Å². The summed E-state index contributed by atoms with van der Waals surface area (Å²) in [6.07, 6.45) is 7.87. The lowest BCUT2D eigenvalue weighted by Crippen LogP contribution is -2.41. The maximum atomic E-state index is 12.7. The first-order valence-electron chi connectivity index (χ1n) is 8.09. The van der Waals surface area contributed by atoms with Gasteiger partial charge in [-0.2, -0.15) is 0 Å². The van der Waals surface area contributed by atoms with Crippen LogP contribution < -0.4 is 0 Å². The van der Waals surface area contributed by atoms with Crippen molar-refractivity contribution in [2.45, 2.75) is 50.7 Å². The molecule has 0 bridgehead atoms. The third-order valence-corrected chi connectivity index (χ3v) is 4.49. The van der Waals surface area contributed by atoms with Gasteiger partial charge >= 0.3 is 0 Å². The molecule has 0 radical (unpaired) electrons. The Morgan fingerprint density at radius 1 is 1.41 bits per heavy atom. The zero-order valence-corrected chi connectivity index (χ0v) is 12.7. The Kier molecular flexibility index (Phi) is 4.83. The third-order valence-electron chi connectivity index (χ3n) is 4.49. The fourth-order valence-corrected chi connectivity index (χ4v) is 3.27. The fraction of sp³-hybridized carbons (Fsp3) is 0.588. The molecule has 0 aromatic carbocycles. The van der Waals surface area contributed by atoms with Gasteiger partial charge in [0.2, 0.25) is 0 Å². The normalized spacial score (nSPS) is 23.6. The average molecular weight is 305 g/mol. The van der Waals surface area contributed by atoms with E-state index in [1.54, 1.807) is 24.7 Å². The number of aliphatic hydroxyl groups excluding tert-OH is 1. The summed E-state index contributed by atoms with van der Waals surface area (Å²) < 4.78 is 10.5. The van der Waals surface area contributed by atoms with Crippen LogP contribution in [0.3, 0.4) is 0 Å². The monoisotopic (exact) mass is 305 g/mol. The molecule has 120 valence electrons. The van der Waals surface area contributed by atoms with E-state index < -0.39 is 6.10 Å². The lowest BCUT2D eigenvalue weighted by molar-refractivity contribution is -0.130. The van der Waals surface area contributed by atoms with Crippen LogP contribution in [0.5, 0.6) is 0 Å². The van der Waals surface area contributed by atoms with Crippen LogP contribution in [0.2, 0.25) is 0 Å². The van der Waals surface area contributed by atoms with Gasteiger partial charge in [-0.3, -0.25) is 4.79 Å². The van der Waals surface area contributed by atoms with Gasteiger partial charge in [-0.25, -0.2) is 0 Å². The molecule has 3 heterocycles. The largest absolute Gasteiger partial charge is 0.500 e. The van der Waals surface area contributed by atoms with Crippen LogP contribution in [0, 0.1) is 0 Å². The summed E-state index contributed by atoms with van der Waals surface area (Å²) >= 11 is 0. The second-order valence-corrected chi connectivity index (χ2v) is 6.03. The molecule has 2 atom stereocenters. The Morgan fingerprint density at radius 2 is 2.32 bits per heavy atom. The highest BCUT2D eigenvalue weighted by atomic mass is 16.5. The third kappa shape index (κ3) is 3.35. The number of furan rings is 1. The molecule has 22 heavy (non-hydrogen) atoms. The number of ether oxygens (including phenoxy) is 1. The van der Waals surface area contributed by atoms with Crippen molar-refractivity contribution in [3.05, 3.63) is 36.0 Å². The van der Waals surface area contributed by atoms with Gasteiger partial charge in [0.25, 0.3) is 5.91 Å². The van der Waals surface area contributed by atoms with Gasteiger partial charge in [-0.1, -0.05) is 12.8 Å². The summed E-state index contributed by atoms with van der Waals surface area (Å²) in [5.41, 5.74) is 0.749. The SMILES string of the molecule is O=C(C1=COCC1)N1CCCCC[C@H]1C[C@@H](O)c1ccco1. The fourth-order valence-electron chi connectivity index (χ4n) is 3.27. The van der Waals surface area contributed by atoms with Gasteiger partial charge in [0, 0.05) is 25.4 Å². The molecule has 2 aliphatic rings. The van der Waals surface area contributed by atoms with Crippen molar-refractivity contribution in [3.8, 4) is 0 Å². The molecule has 0 spiro atoms. The predicted octanol–water partition coefficient (Wildman–Crippen LogP) is 2.78. The Morgan fingerprint density at radius 3 is 3.05 bits per heavy atom. The first-order valence-corrected chi connectivity index (χ1v) is 8.09. The molecule has 0 aliphatic carbocycles. The van der Waals surface area contributed by atoms with Crippen molar-refractivity contribution in [3.63, 3.8) is 0 Å². The highest BCUT2D eigenvalue weighted by Crippen LogP contribution is 2.28. The minimum Gasteiger partial charge on any atom is -0.500 e. The van der Waals surface area contributed by atoms with E-state index >= 15 is 0 Å². The van der Waals surface area contributed by atoms with Gasteiger partial charge in [0.15, 0.2) is 0 Å². The molecule has 1 N–H and O–H groups in total. The summed E-state index contributed by atoms with van der Waals surface area (Å²) in [7, 11) is 0. The van der Waals surface area contributed by atoms with Crippen LogP contribution in [-0.2, 0) is 9.53 Å². The molecule has 5 nitrogen and oxygen atoms in total. The highest BCUT2D eigenvalue weighted by Gasteiger charge is 2.31. The van der Waals surface area contributed by atoms with Crippen molar-refractivity contribution < 1.29 is 19.1 Å². The quantitative estimate of drug-likeness (QED) is 0.929. The number of carbonyl (C=O) groups excluding carboxylic acids is 1. The van der Waals surface area contributed by atoms with E-state index in [9.17, 15) is 9.90 Å². The number of likely N-dealkylation sites (tertiary alicyclic amines) is 1. The molecule has 0 unspecified atom stereocenters. The predicted molar refractivity (Wildman–Crippen MR) is 80.9 cm³/mol. The Hall–Kier alpha value is -1.75. The lowest BCUT2D eigenvalue weighted by atomic mass is 10.0. The number of carbonyl (C=O) groups is 1. The van der Waals surface area contributed by atoms with Crippen molar-refractivity contribution in [1.82, 2.24) is 4.90 Å². The molecule has 2 aliphatic heterocycles. The maximum absolute atomic E-state index is 12.7. The van der Waals surface area contributed by atoms with Gasteiger partial charge in [-0.15, -0.1) is 0 Å². The van der Waals surface area contributed by atoms with E-state index in [1.807, 2.05) is 4.90 Å². The number of hydrogen-bond donors (Lipinski definition) is 1. The van der Waals surface area contributed by atoms with E-state index in [2.05, 4.69) is 0 Å². The number of nitrogens with zero attached hydrogens (tertiary/aromatic N) is 1. The first-order chi connectivity index (χ1) is 10.8. The van der Waals surface area contributed by atoms with Crippen LogP contribution >= 0.6 is 0 Å². The number of hydrogen-bond acceptors (Lipinski definition) is 4. The minimum atomic E-state index is -0.665. The van der Waals surface area contributed by atoms with E-state index in [0.29, 0.717) is 25.2 Å². The van der Waals surface area contributed by atoms with E-state index in [0.717, 1.165) is 37.8 Å². The van der Waals surface area contributed by atoms with Crippen molar-refractivity contribution >= 4 is 5.91 Å². The molecule has 5 heteroatoms. The molecule has 1 saturated heterocycles. The maximum Gasteiger partial charge on any atom is 0.253 e. The molecule has 1 aromatic rings. The summed E-state index contributed by atoms with van der Waals surface area (Å²) in [6, 6.07) is 3.60. The van der Waals surface area contributed by atoms with Crippen LogP contribution in [0.25, 0.3) is 0 Å². The molecule has 1 amide bonds. The molecule has 3 rings (SSSR count). The Bertz CT molecular complexity index is 523. The molecular formula is C17H23NO4. The van der Waals surface area contributed by atoms with Crippen LogP contribution in [0.15, 0.2) is 34.6 Å². The second-order valence-electron chi connectivity index (χ2n) is 6.03. The molecule has 0 saturated carbocycles. The zero-order valence-electron chi connectivity index (χ0n) is 12.7. The van der Waals surface area contributed by atoms with Gasteiger partial charge in [0.05, 0.1) is 24.7 Å². The zero-order chi connectivity index (χ0) is 15.4. The van der Waals surface area contributed by atoms with Crippen LogP contribution in [-0.4, -0.2) is 35.1 Å². The van der Waals surface area contributed by atoms with Gasteiger partial charge < -0.3 is 19.2 Å². The van der Waals surface area contributed by atoms with Crippen molar-refractivity contribution in [2.24, 2.45) is 0 Å². The van der Waals surface area contributed by atoms with E-state index in [4.69, 9.17) is 9.15 Å². The van der Waals surface area contributed by atoms with Gasteiger partial charge in [0.1, 0.15) is 11.9 Å². The lowest BCUT2D eigenvalue weighted by Gasteiger charge is -2.31. The summed E-state index contributed by atoms with van der Waals surface area (Å²) in [5.74, 6) is 0.635. The summed E-state index contributed by atoms with van der Waals surface area (Å²) in [4.78, 5) is 14.6. The number of rotatable bonds is 4. The van der Waals surface area contributed by atoms with Crippen molar-refractivity contribution in [1.29, 1.82) is 0 Å². The van der Waals surface area contributed by atoms with Crippen molar-refractivity contribution in [2.75, 3.05) is 13.2 Å². The first kappa shape index (κ1) is 15.2. The van der Waals surface area contributed by atoms with E-state index in [-0.39, 0.29) is 11.9 Å². The number of aliphatic hydroxyl groups is 1. The Labute approximate surface area is 130 Å². The second kappa shape index (κ2) is 7.01. The summed E-state index contributed by atoms with van der Waals surface area (Å²) in [6.45, 7) is 1.35. The number of amides is 1. The molecule has 1 fully saturated rings. The standard InChI is InChI=1S/C17H23NO4/c19-15(16-6-4-9-22-16)11-14-5-2-1-3-8-18(14)17(20)13-7-10-21-12-13/h4,6,9,12,14-15,19H,1-3,5,7-8,10-11H2/t14-,15+/m0/s1. The Balaban J connectivity index is 1.71. The topological polar surface area (TPSA) is 62.9 Å². The van der Waals surface area contributed by atoms with Crippen LogP contribution in [0.4, 0.5) is 0 Å². The molecule has 1 aromatic heterocycles. The highest BCUT2D eigenvalue weighted by molar-refractivity contribution is 5.93. The smallest absolute Gasteiger partial charge is 0.253 e. The molecular weight excluding hydrogens is 282 g/mol. The van der Waals surface area contributed by atoms with Crippen LogP contribution in [0.1, 0.15) is 50.4 Å². The summed E-state index contributed by atoms with van der Waals surface area (Å²) in [5, 5.41) is 10.3. The average Bonchev–Trinajstić information content (AvgIpc) is 3.18.